The first-order chi connectivity index (χ1) is 8.56. The molecule has 0 amide bonds. The van der Waals surface area contributed by atoms with E-state index in [-0.39, 0.29) is 10.6 Å². The topological polar surface area (TPSA) is 58.4 Å². The monoisotopic (exact) mass is 313 g/mol. The van der Waals surface area contributed by atoms with Crippen molar-refractivity contribution in [3.8, 4) is 0 Å². The van der Waals surface area contributed by atoms with E-state index in [1.165, 1.54) is 0 Å². The molecular formula is C12H16BrN3O2. The molecule has 1 aliphatic heterocycles. The van der Waals surface area contributed by atoms with Crippen molar-refractivity contribution >= 4 is 21.6 Å². The molecule has 1 aliphatic rings. The van der Waals surface area contributed by atoms with Crippen LogP contribution in [0.3, 0.4) is 0 Å². The number of hydrogen-bond donors (Lipinski definition) is 1. The van der Waals surface area contributed by atoms with Gasteiger partial charge < -0.3 is 10.2 Å². The van der Waals surface area contributed by atoms with E-state index in [1.54, 1.807) is 12.1 Å². The van der Waals surface area contributed by atoms with Crippen LogP contribution in [0.1, 0.15) is 12.0 Å². The van der Waals surface area contributed by atoms with Crippen molar-refractivity contribution in [1.29, 1.82) is 0 Å². The number of nitrogens with zero attached hydrogens (tertiary/aromatic N) is 2. The van der Waals surface area contributed by atoms with Gasteiger partial charge in [-0.3, -0.25) is 10.1 Å². The van der Waals surface area contributed by atoms with Crippen molar-refractivity contribution in [1.82, 2.24) is 10.2 Å². The highest BCUT2D eigenvalue weighted by atomic mass is 79.9. The highest BCUT2D eigenvalue weighted by Crippen LogP contribution is 2.25. The molecule has 1 heterocycles. The van der Waals surface area contributed by atoms with Gasteiger partial charge in [-0.2, -0.15) is 0 Å². The summed E-state index contributed by atoms with van der Waals surface area (Å²) in [5.41, 5.74) is 1.07. The predicted octanol–water partition coefficient (Wildman–Crippen LogP) is 2.15. The summed E-state index contributed by atoms with van der Waals surface area (Å²) in [5.74, 6) is 0. The fourth-order valence-corrected chi connectivity index (χ4v) is 2.56. The summed E-state index contributed by atoms with van der Waals surface area (Å²) in [4.78, 5) is 12.7. The van der Waals surface area contributed by atoms with E-state index in [9.17, 15) is 10.1 Å². The molecule has 0 radical (unpaired) electrons. The lowest BCUT2D eigenvalue weighted by Crippen LogP contribution is -2.30. The van der Waals surface area contributed by atoms with Gasteiger partial charge in [0.15, 0.2) is 0 Å². The molecular weight excluding hydrogens is 298 g/mol. The molecule has 0 bridgehead atoms. The van der Waals surface area contributed by atoms with E-state index >= 15 is 0 Å². The van der Waals surface area contributed by atoms with Gasteiger partial charge in [0.2, 0.25) is 0 Å². The Labute approximate surface area is 114 Å². The average Bonchev–Trinajstić information content (AvgIpc) is 2.74. The van der Waals surface area contributed by atoms with E-state index in [2.05, 4.69) is 33.2 Å². The molecule has 1 unspecified atom stereocenters. The average molecular weight is 314 g/mol. The fraction of sp³-hybridized carbons (Fsp3) is 0.500. The zero-order valence-electron chi connectivity index (χ0n) is 10.2. The number of nitrogens with one attached hydrogen (secondary N) is 1. The van der Waals surface area contributed by atoms with Gasteiger partial charge in [-0.1, -0.05) is 6.07 Å². The minimum Gasteiger partial charge on any atom is -0.309 e. The molecule has 1 aromatic carbocycles. The van der Waals surface area contributed by atoms with Crippen molar-refractivity contribution in [3.63, 3.8) is 0 Å². The summed E-state index contributed by atoms with van der Waals surface area (Å²) in [5, 5.41) is 14.3. The van der Waals surface area contributed by atoms with Gasteiger partial charge in [0.05, 0.1) is 9.40 Å². The normalized spacial score (nSPS) is 20.2. The number of likely N-dealkylation sites (N-methyl/N-ethyl adjacent to an activating group) is 1. The lowest BCUT2D eigenvalue weighted by molar-refractivity contribution is -0.385. The fourth-order valence-electron chi connectivity index (χ4n) is 2.17. The molecule has 0 aromatic heterocycles. The molecule has 0 aliphatic carbocycles. The molecule has 1 N–H and O–H groups in total. The first-order valence-corrected chi connectivity index (χ1v) is 6.70. The summed E-state index contributed by atoms with van der Waals surface area (Å²) in [7, 11) is 2.10. The second-order valence-corrected chi connectivity index (χ2v) is 5.53. The van der Waals surface area contributed by atoms with Crippen LogP contribution in [0.2, 0.25) is 0 Å². The highest BCUT2D eigenvalue weighted by Gasteiger charge is 2.19. The number of nitro benzene ring substituents is 1. The van der Waals surface area contributed by atoms with Crippen LogP contribution in [0.4, 0.5) is 5.69 Å². The maximum atomic E-state index is 10.8. The minimum atomic E-state index is -0.364. The molecule has 6 heteroatoms. The van der Waals surface area contributed by atoms with Crippen LogP contribution in [0.15, 0.2) is 22.7 Å². The zero-order chi connectivity index (χ0) is 13.1. The second-order valence-electron chi connectivity index (χ2n) is 4.67. The molecule has 98 valence electrons. The maximum Gasteiger partial charge on any atom is 0.283 e. The molecule has 0 spiro atoms. The third-order valence-corrected chi connectivity index (χ3v) is 3.86. The summed E-state index contributed by atoms with van der Waals surface area (Å²) < 4.78 is 0.525. The van der Waals surface area contributed by atoms with Gasteiger partial charge in [-0.15, -0.1) is 0 Å². The lowest BCUT2D eigenvalue weighted by Gasteiger charge is -2.12. The van der Waals surface area contributed by atoms with E-state index < -0.39 is 0 Å². The quantitative estimate of drug-likeness (QED) is 0.683. The van der Waals surface area contributed by atoms with Crippen LogP contribution in [0.25, 0.3) is 0 Å². The number of nitro groups is 1. The van der Waals surface area contributed by atoms with Gasteiger partial charge in [-0.05, 0) is 47.6 Å². The van der Waals surface area contributed by atoms with Crippen LogP contribution >= 0.6 is 15.9 Å². The largest absolute Gasteiger partial charge is 0.309 e. The van der Waals surface area contributed by atoms with Gasteiger partial charge in [0.1, 0.15) is 0 Å². The number of hydrogen-bond acceptors (Lipinski definition) is 4. The van der Waals surface area contributed by atoms with Crippen LogP contribution in [0.5, 0.6) is 0 Å². The Morgan fingerprint density at radius 2 is 2.39 bits per heavy atom. The third kappa shape index (κ3) is 3.28. The third-order valence-electron chi connectivity index (χ3n) is 3.19. The van der Waals surface area contributed by atoms with Gasteiger partial charge >= 0.3 is 0 Å². The van der Waals surface area contributed by atoms with Crippen molar-refractivity contribution in [2.75, 3.05) is 20.1 Å². The van der Waals surface area contributed by atoms with Gasteiger partial charge in [0.25, 0.3) is 5.69 Å². The Bertz CT molecular complexity index is 453. The summed E-state index contributed by atoms with van der Waals surface area (Å²) in [6.07, 6.45) is 1.13. The summed E-state index contributed by atoms with van der Waals surface area (Å²) >= 11 is 3.19. The Morgan fingerprint density at radius 3 is 3.00 bits per heavy atom. The second kappa shape index (κ2) is 5.77. The summed E-state index contributed by atoms with van der Waals surface area (Å²) in [6.45, 7) is 2.82. The molecule has 5 nitrogen and oxygen atoms in total. The smallest absolute Gasteiger partial charge is 0.283 e. The molecule has 1 atom stereocenters. The van der Waals surface area contributed by atoms with Crippen LogP contribution in [-0.2, 0) is 6.54 Å². The van der Waals surface area contributed by atoms with Gasteiger partial charge in [-0.25, -0.2) is 0 Å². The maximum absolute atomic E-state index is 10.8. The number of halogens is 1. The van der Waals surface area contributed by atoms with Crippen LogP contribution in [0, 0.1) is 10.1 Å². The molecule has 2 rings (SSSR count). The standard InChI is InChI=1S/C12H16BrN3O2/c1-15-5-4-10(8-15)14-7-9-2-3-11(13)12(6-9)16(17)18/h2-3,6,10,14H,4-5,7-8H2,1H3. The van der Waals surface area contributed by atoms with Crippen molar-refractivity contribution < 1.29 is 4.92 Å². The molecule has 18 heavy (non-hydrogen) atoms. The molecule has 1 aromatic rings. The summed E-state index contributed by atoms with van der Waals surface area (Å²) in [6, 6.07) is 5.74. The SMILES string of the molecule is CN1CCC(NCc2ccc(Br)c([N+](=O)[O-])c2)C1. The van der Waals surface area contributed by atoms with E-state index in [1.807, 2.05) is 6.07 Å². The first kappa shape index (κ1) is 13.5. The predicted molar refractivity (Wildman–Crippen MR) is 73.5 cm³/mol. The zero-order valence-corrected chi connectivity index (χ0v) is 11.8. The first-order valence-electron chi connectivity index (χ1n) is 5.91. The number of rotatable bonds is 4. The van der Waals surface area contributed by atoms with E-state index in [0.29, 0.717) is 17.1 Å². The molecule has 0 saturated carbocycles. The van der Waals surface area contributed by atoms with Crippen LogP contribution < -0.4 is 5.32 Å². The Hall–Kier alpha value is -0.980. The number of benzene rings is 1. The Morgan fingerprint density at radius 1 is 1.61 bits per heavy atom. The molecule has 1 fully saturated rings. The van der Waals surface area contributed by atoms with Crippen molar-refractivity contribution in [3.05, 3.63) is 38.3 Å². The Balaban J connectivity index is 1.97. The molecule has 1 saturated heterocycles. The van der Waals surface area contributed by atoms with Crippen molar-refractivity contribution in [2.24, 2.45) is 0 Å². The van der Waals surface area contributed by atoms with E-state index in [4.69, 9.17) is 0 Å². The number of likely N-dealkylation sites (tertiary alicyclic amines) is 1. The van der Waals surface area contributed by atoms with Crippen LogP contribution in [-0.4, -0.2) is 36.0 Å². The van der Waals surface area contributed by atoms with E-state index in [0.717, 1.165) is 25.1 Å². The van der Waals surface area contributed by atoms with Crippen molar-refractivity contribution in [2.45, 2.75) is 19.0 Å². The van der Waals surface area contributed by atoms with Gasteiger partial charge in [0, 0.05) is 25.2 Å². The lowest BCUT2D eigenvalue weighted by atomic mass is 10.2. The minimum absolute atomic E-state index is 0.123. The highest BCUT2D eigenvalue weighted by molar-refractivity contribution is 9.10. The Kier molecular flexibility index (Phi) is 4.31.